The van der Waals surface area contributed by atoms with Gasteiger partial charge < -0.3 is 4.74 Å². The third-order valence-corrected chi connectivity index (χ3v) is 5.89. The van der Waals surface area contributed by atoms with Gasteiger partial charge in [0, 0.05) is 6.42 Å². The highest BCUT2D eigenvalue weighted by Crippen LogP contribution is 2.39. The van der Waals surface area contributed by atoms with Crippen LogP contribution in [0.3, 0.4) is 0 Å². The Morgan fingerprint density at radius 3 is 2.69 bits per heavy atom. The first-order valence-electron chi connectivity index (χ1n) is 8.45. The summed E-state index contributed by atoms with van der Waals surface area (Å²) >= 11 is 1.33. The fourth-order valence-electron chi connectivity index (χ4n) is 3.35. The largest absolute Gasteiger partial charge is 0.497 e. The molecule has 1 saturated heterocycles. The van der Waals surface area contributed by atoms with Crippen molar-refractivity contribution >= 4 is 38.5 Å². The molecule has 1 aliphatic heterocycles. The Morgan fingerprint density at radius 1 is 1.19 bits per heavy atom. The predicted molar refractivity (Wildman–Crippen MR) is 102 cm³/mol. The lowest BCUT2D eigenvalue weighted by Gasteiger charge is -2.18. The number of amides is 2. The molecule has 0 N–H and O–H groups in total. The van der Waals surface area contributed by atoms with E-state index in [9.17, 15) is 9.59 Å². The Hall–Kier alpha value is -2.73. The Labute approximate surface area is 155 Å². The zero-order valence-corrected chi connectivity index (χ0v) is 15.3. The summed E-state index contributed by atoms with van der Waals surface area (Å²) in [5.41, 5.74) is 1.82. The number of rotatable bonds is 4. The molecule has 2 heterocycles. The minimum atomic E-state index is -0.355. The lowest BCUT2D eigenvalue weighted by molar-refractivity contribution is -0.122. The van der Waals surface area contributed by atoms with Crippen LogP contribution in [-0.2, 0) is 9.59 Å². The lowest BCUT2D eigenvalue weighted by atomic mass is 9.86. The van der Waals surface area contributed by atoms with Gasteiger partial charge in [-0.1, -0.05) is 48.6 Å². The molecule has 26 heavy (non-hydrogen) atoms. The lowest BCUT2D eigenvalue weighted by Crippen LogP contribution is -2.31. The molecule has 2 aromatic carbocycles. The first-order valence-corrected chi connectivity index (χ1v) is 9.26. The van der Waals surface area contributed by atoms with Crippen molar-refractivity contribution in [3.63, 3.8) is 0 Å². The van der Waals surface area contributed by atoms with E-state index in [2.05, 4.69) is 4.98 Å². The smallest absolute Gasteiger partial charge is 0.239 e. The van der Waals surface area contributed by atoms with E-state index in [4.69, 9.17) is 4.74 Å². The molecule has 6 heteroatoms. The molecule has 0 spiro atoms. The third kappa shape index (κ3) is 2.76. The van der Waals surface area contributed by atoms with Crippen LogP contribution in [0.25, 0.3) is 10.2 Å². The number of aromatic nitrogens is 1. The minimum absolute atomic E-state index is 0.0212. The molecule has 3 aromatic rings. The molecule has 0 aliphatic carbocycles. The van der Waals surface area contributed by atoms with Crippen LogP contribution in [0.2, 0.25) is 0 Å². The van der Waals surface area contributed by atoms with Crippen LogP contribution >= 0.6 is 11.3 Å². The van der Waals surface area contributed by atoms with Crippen molar-refractivity contribution in [2.75, 3.05) is 12.0 Å². The van der Waals surface area contributed by atoms with Gasteiger partial charge in [0.05, 0.1) is 23.2 Å². The standard InChI is InChI=1S/C20H18N2O3S/c1-12(13-6-4-3-5-7-13)15-11-18(23)22(19(15)24)20-21-16-9-8-14(25-2)10-17(16)26-20/h3-10,12,15H,11H2,1-2H3/t12-,15-/m0/s1. The summed E-state index contributed by atoms with van der Waals surface area (Å²) in [5, 5.41) is 0.436. The number of ether oxygens (including phenoxy) is 1. The van der Waals surface area contributed by atoms with Crippen LogP contribution in [0.5, 0.6) is 5.75 Å². The number of imide groups is 1. The van der Waals surface area contributed by atoms with E-state index in [1.807, 2.05) is 55.5 Å². The summed E-state index contributed by atoms with van der Waals surface area (Å²) in [5.74, 6) is -0.00732. The average Bonchev–Trinajstić information content (AvgIpc) is 3.20. The SMILES string of the molecule is COc1ccc2nc(N3C(=O)C[C@@H]([C@@H](C)c4ccccc4)C3=O)sc2c1. The van der Waals surface area contributed by atoms with Gasteiger partial charge in [0.2, 0.25) is 11.8 Å². The molecule has 2 atom stereocenters. The molecule has 1 aromatic heterocycles. The van der Waals surface area contributed by atoms with Crippen LogP contribution in [-0.4, -0.2) is 23.9 Å². The summed E-state index contributed by atoms with van der Waals surface area (Å²) in [4.78, 5) is 31.3. The van der Waals surface area contributed by atoms with E-state index in [1.54, 1.807) is 7.11 Å². The molecule has 1 fully saturated rings. The van der Waals surface area contributed by atoms with Crippen LogP contribution in [0.1, 0.15) is 24.8 Å². The molecular weight excluding hydrogens is 348 g/mol. The summed E-state index contributed by atoms with van der Waals surface area (Å²) < 4.78 is 6.12. The van der Waals surface area contributed by atoms with Gasteiger partial charge in [0.15, 0.2) is 5.13 Å². The van der Waals surface area contributed by atoms with Crippen molar-refractivity contribution in [3.8, 4) is 5.75 Å². The second-order valence-electron chi connectivity index (χ2n) is 6.41. The number of carbonyl (C=O) groups excluding carboxylic acids is 2. The normalized spacial score (nSPS) is 18.5. The molecule has 4 rings (SSSR count). The third-order valence-electron chi connectivity index (χ3n) is 4.89. The molecular formula is C20H18N2O3S. The van der Waals surface area contributed by atoms with Gasteiger partial charge in [-0.25, -0.2) is 9.88 Å². The zero-order valence-electron chi connectivity index (χ0n) is 14.5. The van der Waals surface area contributed by atoms with E-state index in [1.165, 1.54) is 16.2 Å². The van der Waals surface area contributed by atoms with Crippen molar-refractivity contribution < 1.29 is 14.3 Å². The number of thiazole rings is 1. The highest BCUT2D eigenvalue weighted by atomic mass is 32.1. The number of carbonyl (C=O) groups is 2. The average molecular weight is 366 g/mol. The number of fused-ring (bicyclic) bond motifs is 1. The van der Waals surface area contributed by atoms with E-state index in [0.717, 1.165) is 21.5 Å². The second kappa shape index (κ2) is 6.53. The monoisotopic (exact) mass is 366 g/mol. The molecule has 0 saturated carbocycles. The summed E-state index contributed by atoms with van der Waals surface area (Å²) in [7, 11) is 1.60. The summed E-state index contributed by atoms with van der Waals surface area (Å²) in [6.07, 6.45) is 0.216. The van der Waals surface area contributed by atoms with Crippen LogP contribution in [0.15, 0.2) is 48.5 Å². The maximum atomic E-state index is 13.0. The molecule has 0 bridgehead atoms. The van der Waals surface area contributed by atoms with Crippen molar-refractivity contribution in [3.05, 3.63) is 54.1 Å². The topological polar surface area (TPSA) is 59.5 Å². The minimum Gasteiger partial charge on any atom is -0.497 e. The first kappa shape index (κ1) is 16.7. The van der Waals surface area contributed by atoms with Crippen LogP contribution in [0, 0.1) is 5.92 Å². The van der Waals surface area contributed by atoms with Gasteiger partial charge >= 0.3 is 0 Å². The van der Waals surface area contributed by atoms with Gasteiger partial charge in [0.1, 0.15) is 5.75 Å². The number of nitrogens with zero attached hydrogens (tertiary/aromatic N) is 2. The maximum Gasteiger partial charge on any atom is 0.239 e. The van der Waals surface area contributed by atoms with Crippen molar-refractivity contribution in [1.29, 1.82) is 0 Å². The zero-order chi connectivity index (χ0) is 18.3. The van der Waals surface area contributed by atoms with Crippen LogP contribution in [0.4, 0.5) is 5.13 Å². The molecule has 0 radical (unpaired) electrons. The van der Waals surface area contributed by atoms with Crippen LogP contribution < -0.4 is 9.64 Å². The quantitative estimate of drug-likeness (QED) is 0.655. The molecule has 0 unspecified atom stereocenters. The van der Waals surface area contributed by atoms with Gasteiger partial charge in [0.25, 0.3) is 0 Å². The second-order valence-corrected chi connectivity index (χ2v) is 7.42. The number of methoxy groups -OCH3 is 1. The van der Waals surface area contributed by atoms with Gasteiger partial charge in [-0.05, 0) is 29.7 Å². The van der Waals surface area contributed by atoms with E-state index >= 15 is 0 Å². The maximum absolute atomic E-state index is 13.0. The van der Waals surface area contributed by atoms with Crippen molar-refractivity contribution in [2.45, 2.75) is 19.3 Å². The molecule has 1 aliphatic rings. The Bertz CT molecular complexity index is 983. The van der Waals surface area contributed by atoms with E-state index in [-0.39, 0.29) is 30.1 Å². The van der Waals surface area contributed by atoms with Gasteiger partial charge in [-0.3, -0.25) is 9.59 Å². The molecule has 2 amide bonds. The number of benzene rings is 2. The van der Waals surface area contributed by atoms with Gasteiger partial charge in [-0.2, -0.15) is 0 Å². The number of hydrogen-bond donors (Lipinski definition) is 0. The fraction of sp³-hybridized carbons (Fsp3) is 0.250. The number of hydrogen-bond acceptors (Lipinski definition) is 5. The summed E-state index contributed by atoms with van der Waals surface area (Å²) in [6, 6.07) is 15.4. The summed E-state index contributed by atoms with van der Waals surface area (Å²) in [6.45, 7) is 2.00. The Balaban J connectivity index is 1.65. The number of anilines is 1. The highest BCUT2D eigenvalue weighted by molar-refractivity contribution is 7.22. The fourth-order valence-corrected chi connectivity index (χ4v) is 4.37. The molecule has 132 valence electrons. The highest BCUT2D eigenvalue weighted by Gasteiger charge is 2.43. The van der Waals surface area contributed by atoms with Gasteiger partial charge in [-0.15, -0.1) is 0 Å². The predicted octanol–water partition coefficient (Wildman–Crippen LogP) is 3.99. The van der Waals surface area contributed by atoms with E-state index in [0.29, 0.717) is 5.13 Å². The Morgan fingerprint density at radius 2 is 1.96 bits per heavy atom. The van der Waals surface area contributed by atoms with Crippen molar-refractivity contribution in [1.82, 2.24) is 4.98 Å². The van der Waals surface area contributed by atoms with Crippen molar-refractivity contribution in [2.24, 2.45) is 5.92 Å². The first-order chi connectivity index (χ1) is 12.6. The Kier molecular flexibility index (Phi) is 4.20. The molecule has 5 nitrogen and oxygen atoms in total. The van der Waals surface area contributed by atoms with E-state index < -0.39 is 0 Å².